The molecule has 0 saturated heterocycles. The normalized spacial score (nSPS) is 12.7. The molecule has 5 aromatic rings. The van der Waals surface area contributed by atoms with Crippen LogP contribution in [-0.2, 0) is 39.6 Å². The molecule has 0 aliphatic heterocycles. The van der Waals surface area contributed by atoms with E-state index in [0.717, 1.165) is 39.5 Å². The van der Waals surface area contributed by atoms with Crippen molar-refractivity contribution in [3.05, 3.63) is 118 Å². The van der Waals surface area contributed by atoms with Crippen LogP contribution in [0.4, 0.5) is 8.78 Å². The first-order valence-electron chi connectivity index (χ1n) is 16.1. The molecule has 0 bridgehead atoms. The standard InChI is InChI=1S/C36H37Cl2F2N5O5S2/c1-23(34(46)47)44(14-6-13-43-16-15-42(4)22-43)52(48,49)27-18-30(38)28(31(40)19-27)21-51-35-41-20-33(45(35)26-10-8-25(39)9-11-26)36(2,3)24-7-12-29(37)32(17-24)50-5/h7-12,15-20,22-23H,6,13-14,21H2,1-5H3/p+1. The number of hydrogen-bond donors (Lipinski definition) is 1. The van der Waals surface area contributed by atoms with E-state index in [2.05, 4.69) is 4.98 Å². The van der Waals surface area contributed by atoms with Crippen molar-refractivity contribution in [3.8, 4) is 11.4 Å². The number of sulfonamides is 1. The highest BCUT2D eigenvalue weighted by Crippen LogP contribution is 2.40. The van der Waals surface area contributed by atoms with Crippen LogP contribution in [0, 0.1) is 11.6 Å². The number of aromatic nitrogens is 4. The third-order valence-electron chi connectivity index (χ3n) is 8.80. The molecule has 0 spiro atoms. The van der Waals surface area contributed by atoms with Crippen molar-refractivity contribution in [2.24, 2.45) is 7.05 Å². The zero-order valence-electron chi connectivity index (χ0n) is 29.1. The Labute approximate surface area is 315 Å². The van der Waals surface area contributed by atoms with Gasteiger partial charge in [0.25, 0.3) is 0 Å². The van der Waals surface area contributed by atoms with Crippen LogP contribution in [0.1, 0.15) is 44.0 Å². The van der Waals surface area contributed by atoms with Gasteiger partial charge in [-0.2, -0.15) is 4.31 Å². The molecule has 3 aromatic carbocycles. The first kappa shape index (κ1) is 39.3. The maximum atomic E-state index is 15.8. The van der Waals surface area contributed by atoms with Crippen LogP contribution in [-0.4, -0.2) is 57.6 Å². The number of aryl methyl sites for hydroxylation is 2. The molecule has 1 atom stereocenters. The van der Waals surface area contributed by atoms with Crippen LogP contribution in [0.25, 0.3) is 5.69 Å². The van der Waals surface area contributed by atoms with Gasteiger partial charge in [0.05, 0.1) is 42.5 Å². The first-order chi connectivity index (χ1) is 24.5. The van der Waals surface area contributed by atoms with Crippen LogP contribution >= 0.6 is 35.0 Å². The summed E-state index contributed by atoms with van der Waals surface area (Å²) in [6, 6.07) is 11.9. The number of imidazole rings is 2. The summed E-state index contributed by atoms with van der Waals surface area (Å²) in [4.78, 5) is 16.1. The van der Waals surface area contributed by atoms with E-state index in [1.807, 2.05) is 65.5 Å². The predicted molar refractivity (Wildman–Crippen MR) is 196 cm³/mol. The van der Waals surface area contributed by atoms with E-state index < -0.39 is 44.0 Å². The molecular weight excluding hydrogens is 755 g/mol. The highest BCUT2D eigenvalue weighted by molar-refractivity contribution is 7.98. The zero-order valence-corrected chi connectivity index (χ0v) is 32.2. The summed E-state index contributed by atoms with van der Waals surface area (Å²) >= 11 is 14.0. The Morgan fingerprint density at radius 3 is 2.44 bits per heavy atom. The van der Waals surface area contributed by atoms with E-state index in [0.29, 0.717) is 34.6 Å². The van der Waals surface area contributed by atoms with E-state index in [-0.39, 0.29) is 22.9 Å². The van der Waals surface area contributed by atoms with Gasteiger partial charge in [-0.3, -0.25) is 9.36 Å². The number of hydrogen-bond acceptors (Lipinski definition) is 6. The molecule has 0 fully saturated rings. The van der Waals surface area contributed by atoms with E-state index >= 15 is 4.39 Å². The van der Waals surface area contributed by atoms with Gasteiger partial charge >= 0.3 is 5.97 Å². The first-order valence-corrected chi connectivity index (χ1v) is 19.3. The van der Waals surface area contributed by atoms with E-state index in [9.17, 15) is 22.7 Å². The van der Waals surface area contributed by atoms with Crippen LogP contribution in [0.3, 0.4) is 0 Å². The Kier molecular flexibility index (Phi) is 12.1. The monoisotopic (exact) mass is 792 g/mol. The van der Waals surface area contributed by atoms with Gasteiger partial charge in [0.15, 0.2) is 5.16 Å². The smallest absolute Gasteiger partial charge is 0.321 e. The minimum absolute atomic E-state index is 0.0285. The minimum atomic E-state index is -4.47. The lowest BCUT2D eigenvalue weighted by atomic mass is 9.81. The molecule has 10 nitrogen and oxygen atoms in total. The molecule has 0 saturated carbocycles. The molecule has 2 aromatic heterocycles. The third-order valence-corrected chi connectivity index (χ3v) is 12.4. The lowest BCUT2D eigenvalue weighted by Crippen LogP contribution is -2.44. The van der Waals surface area contributed by atoms with Crippen LogP contribution in [0.2, 0.25) is 10.0 Å². The van der Waals surface area contributed by atoms with Crippen LogP contribution < -0.4 is 9.30 Å². The van der Waals surface area contributed by atoms with Gasteiger partial charge in [-0.25, -0.2) is 31.3 Å². The summed E-state index contributed by atoms with van der Waals surface area (Å²) in [5.41, 5.74) is 1.56. The van der Waals surface area contributed by atoms with Gasteiger partial charge < -0.3 is 9.84 Å². The zero-order chi connectivity index (χ0) is 38.0. The van der Waals surface area contributed by atoms with Crippen molar-refractivity contribution in [3.63, 3.8) is 0 Å². The number of ether oxygens (including phenoxy) is 1. The molecule has 1 N–H and O–H groups in total. The predicted octanol–water partition coefficient (Wildman–Crippen LogP) is 7.26. The Hall–Kier alpha value is -3.95. The quantitative estimate of drug-likeness (QED) is 0.0878. The van der Waals surface area contributed by atoms with E-state index in [4.69, 9.17) is 27.9 Å². The van der Waals surface area contributed by atoms with Gasteiger partial charge in [-0.05, 0) is 67.4 Å². The Morgan fingerprint density at radius 2 is 1.83 bits per heavy atom. The van der Waals surface area contributed by atoms with Crippen molar-refractivity contribution in [2.45, 2.75) is 61.0 Å². The lowest BCUT2D eigenvalue weighted by Gasteiger charge is -2.28. The summed E-state index contributed by atoms with van der Waals surface area (Å²) in [5.74, 6) is -2.19. The number of carboxylic acids is 1. The maximum Gasteiger partial charge on any atom is 0.321 e. The molecule has 0 radical (unpaired) electrons. The van der Waals surface area contributed by atoms with Gasteiger partial charge in [0.2, 0.25) is 16.4 Å². The molecule has 1 unspecified atom stereocenters. The molecule has 0 aliphatic carbocycles. The summed E-state index contributed by atoms with van der Waals surface area (Å²) in [5, 5.41) is 10.5. The van der Waals surface area contributed by atoms with E-state index in [1.165, 1.54) is 26.2 Å². The van der Waals surface area contributed by atoms with Crippen molar-refractivity contribution >= 4 is 51.0 Å². The van der Waals surface area contributed by atoms with Gasteiger partial charge in [0.1, 0.15) is 35.8 Å². The second kappa shape index (κ2) is 16.0. The van der Waals surface area contributed by atoms with Crippen molar-refractivity contribution in [1.82, 2.24) is 18.4 Å². The number of methoxy groups -OCH3 is 1. The molecular formula is C36H38Cl2F2N5O5S2+. The number of aliphatic carboxylic acids is 1. The lowest BCUT2D eigenvalue weighted by molar-refractivity contribution is -0.671. The third kappa shape index (κ3) is 8.31. The van der Waals surface area contributed by atoms with Gasteiger partial charge in [-0.1, -0.05) is 54.9 Å². The molecule has 2 heterocycles. The van der Waals surface area contributed by atoms with Crippen molar-refractivity contribution in [2.75, 3.05) is 13.7 Å². The van der Waals surface area contributed by atoms with Crippen molar-refractivity contribution in [1.29, 1.82) is 0 Å². The van der Waals surface area contributed by atoms with Crippen LogP contribution in [0.15, 0.2) is 89.6 Å². The number of thioether (sulfide) groups is 1. The molecule has 52 heavy (non-hydrogen) atoms. The highest BCUT2D eigenvalue weighted by atomic mass is 35.5. The summed E-state index contributed by atoms with van der Waals surface area (Å²) < 4.78 is 69.2. The van der Waals surface area contributed by atoms with Gasteiger partial charge in [-0.15, -0.1) is 0 Å². The fourth-order valence-electron chi connectivity index (χ4n) is 5.74. The second-order valence-electron chi connectivity index (χ2n) is 12.7. The fraction of sp³-hybridized carbons (Fsp3) is 0.306. The number of nitrogens with zero attached hydrogens (tertiary/aromatic N) is 5. The van der Waals surface area contributed by atoms with Crippen LogP contribution in [0.5, 0.6) is 5.75 Å². The number of rotatable bonds is 15. The average molecular weight is 794 g/mol. The topological polar surface area (TPSA) is 111 Å². The minimum Gasteiger partial charge on any atom is -0.495 e. The molecule has 0 aliphatic rings. The van der Waals surface area contributed by atoms with E-state index in [1.54, 1.807) is 24.4 Å². The summed E-state index contributed by atoms with van der Waals surface area (Å²) in [6.45, 7) is 5.56. The Morgan fingerprint density at radius 1 is 1.12 bits per heavy atom. The molecule has 0 amide bonds. The summed E-state index contributed by atoms with van der Waals surface area (Å²) in [6.07, 6.45) is 7.46. The maximum absolute atomic E-state index is 15.8. The van der Waals surface area contributed by atoms with Crippen molar-refractivity contribution < 1.29 is 36.4 Å². The summed E-state index contributed by atoms with van der Waals surface area (Å²) in [7, 11) is -1.10. The molecule has 16 heteroatoms. The number of carbonyl (C=O) groups is 1. The molecule has 5 rings (SSSR count). The number of benzene rings is 3. The number of carboxylic acid groups (broad SMARTS) is 1. The Bertz CT molecular complexity index is 2170. The Balaban J connectivity index is 1.45. The second-order valence-corrected chi connectivity index (χ2v) is 16.3. The number of halogens is 4. The fourth-order valence-corrected chi connectivity index (χ4v) is 9.05. The SMILES string of the molecule is COc1cc(C(C)(C)c2cnc(SCc3c(F)cc(S(=O)(=O)N(CCCn4cc[n+](C)c4)C(C)C(=O)O)cc3Cl)n2-c2ccc(F)cc2)ccc1Cl. The van der Waals surface area contributed by atoms with Gasteiger partial charge in [0, 0.05) is 34.0 Å². The molecule has 276 valence electrons. The highest BCUT2D eigenvalue weighted by Gasteiger charge is 2.34. The average Bonchev–Trinajstić information content (AvgIpc) is 3.72. The largest absolute Gasteiger partial charge is 0.495 e.